The van der Waals surface area contributed by atoms with E-state index in [0.717, 1.165) is 20.2 Å². The first-order valence-corrected chi connectivity index (χ1v) is 8.64. The Labute approximate surface area is 141 Å². The molecule has 0 radical (unpaired) electrons. The number of nitrogens with zero attached hydrogens (tertiary/aromatic N) is 1. The van der Waals surface area contributed by atoms with Crippen molar-refractivity contribution in [1.82, 2.24) is 4.98 Å². The third-order valence-electron chi connectivity index (χ3n) is 4.07. The van der Waals surface area contributed by atoms with Gasteiger partial charge in [0.25, 0.3) is 0 Å². The van der Waals surface area contributed by atoms with Gasteiger partial charge in [-0.15, -0.1) is 11.3 Å². The molecule has 2 rings (SSSR count). The fraction of sp³-hybridized carbons (Fsp3) is 0.588. The van der Waals surface area contributed by atoms with Crippen molar-refractivity contribution in [3.8, 4) is 0 Å². The second-order valence-electron chi connectivity index (χ2n) is 7.13. The molecule has 0 amide bonds. The standard InChI is InChI=1S/C17H24ClNO2S/c1-11(21-10-16(2,3)9-20)17(4,5)15-19-13-7-6-12(18)8-14(13)22-15/h6-8,11,20H,9-10H2,1-5H3. The molecule has 3 nitrogen and oxygen atoms in total. The number of fused-ring (bicyclic) bond motifs is 1. The van der Waals surface area contributed by atoms with Gasteiger partial charge in [0.05, 0.1) is 29.5 Å². The maximum atomic E-state index is 9.35. The van der Waals surface area contributed by atoms with Gasteiger partial charge in [0, 0.05) is 15.9 Å². The third-order valence-corrected chi connectivity index (χ3v) is 5.66. The summed E-state index contributed by atoms with van der Waals surface area (Å²) in [6.45, 7) is 11.0. The first kappa shape index (κ1) is 17.7. The lowest BCUT2D eigenvalue weighted by Crippen LogP contribution is -2.36. The molecule has 0 aliphatic rings. The number of ether oxygens (including phenoxy) is 1. The van der Waals surface area contributed by atoms with Crippen LogP contribution in [0.4, 0.5) is 0 Å². The number of hydrogen-bond donors (Lipinski definition) is 1. The van der Waals surface area contributed by atoms with Gasteiger partial charge in [0.15, 0.2) is 0 Å². The molecule has 0 fully saturated rings. The minimum Gasteiger partial charge on any atom is -0.396 e. The summed E-state index contributed by atoms with van der Waals surface area (Å²) in [5.41, 5.74) is 0.535. The van der Waals surface area contributed by atoms with Gasteiger partial charge in [-0.1, -0.05) is 39.3 Å². The molecule has 0 aliphatic carbocycles. The van der Waals surface area contributed by atoms with Gasteiger partial charge in [-0.25, -0.2) is 4.98 Å². The molecule has 0 bridgehead atoms. The second-order valence-corrected chi connectivity index (χ2v) is 8.60. The van der Waals surface area contributed by atoms with Crippen LogP contribution in [0.1, 0.15) is 39.6 Å². The van der Waals surface area contributed by atoms with Gasteiger partial charge in [-0.2, -0.15) is 0 Å². The molecule has 0 saturated heterocycles. The van der Waals surface area contributed by atoms with E-state index >= 15 is 0 Å². The summed E-state index contributed by atoms with van der Waals surface area (Å²) >= 11 is 7.71. The fourth-order valence-electron chi connectivity index (χ4n) is 1.95. The lowest BCUT2D eigenvalue weighted by Gasteiger charge is -2.32. The molecular weight excluding hydrogens is 318 g/mol. The minimum absolute atomic E-state index is 0.00522. The number of aliphatic hydroxyl groups excluding tert-OH is 1. The summed E-state index contributed by atoms with van der Waals surface area (Å²) in [4.78, 5) is 4.74. The first-order valence-electron chi connectivity index (χ1n) is 7.45. The Morgan fingerprint density at radius 1 is 1.32 bits per heavy atom. The topological polar surface area (TPSA) is 42.4 Å². The number of rotatable bonds is 6. The van der Waals surface area contributed by atoms with Gasteiger partial charge in [-0.3, -0.25) is 0 Å². The quantitative estimate of drug-likeness (QED) is 0.831. The highest BCUT2D eigenvalue weighted by atomic mass is 35.5. The fourth-order valence-corrected chi connectivity index (χ4v) is 3.37. The summed E-state index contributed by atoms with van der Waals surface area (Å²) in [6, 6.07) is 5.77. The summed E-state index contributed by atoms with van der Waals surface area (Å²) in [5, 5.41) is 11.1. The van der Waals surface area contributed by atoms with Crippen LogP contribution in [0, 0.1) is 5.41 Å². The summed E-state index contributed by atoms with van der Waals surface area (Å²) in [6.07, 6.45) is -0.00522. The molecule has 1 aromatic heterocycles. The van der Waals surface area contributed by atoms with Crippen molar-refractivity contribution >= 4 is 33.2 Å². The normalized spacial score (nSPS) is 14.5. The summed E-state index contributed by atoms with van der Waals surface area (Å²) < 4.78 is 7.11. The molecule has 0 spiro atoms. The molecule has 22 heavy (non-hydrogen) atoms. The van der Waals surface area contributed by atoms with Crippen molar-refractivity contribution in [3.63, 3.8) is 0 Å². The summed E-state index contributed by atoms with van der Waals surface area (Å²) in [5.74, 6) is 0. The minimum atomic E-state index is -0.231. The van der Waals surface area contributed by atoms with E-state index in [9.17, 15) is 5.11 Å². The molecular formula is C17H24ClNO2S. The van der Waals surface area contributed by atoms with Gasteiger partial charge in [0.2, 0.25) is 0 Å². The Balaban J connectivity index is 2.19. The average Bonchev–Trinajstić information content (AvgIpc) is 2.88. The molecule has 5 heteroatoms. The molecule has 1 aromatic carbocycles. The maximum Gasteiger partial charge on any atom is 0.102 e. The molecule has 1 unspecified atom stereocenters. The molecule has 2 aromatic rings. The van der Waals surface area contributed by atoms with Crippen LogP contribution in [-0.4, -0.2) is 29.4 Å². The maximum absolute atomic E-state index is 9.35. The van der Waals surface area contributed by atoms with Crippen molar-refractivity contribution in [1.29, 1.82) is 0 Å². The zero-order chi connectivity index (χ0) is 16.5. The molecule has 0 aliphatic heterocycles. The van der Waals surface area contributed by atoms with E-state index in [1.165, 1.54) is 0 Å². The van der Waals surface area contributed by atoms with E-state index in [2.05, 4.69) is 20.8 Å². The van der Waals surface area contributed by atoms with Crippen LogP contribution in [0.3, 0.4) is 0 Å². The monoisotopic (exact) mass is 341 g/mol. The predicted molar refractivity (Wildman–Crippen MR) is 93.9 cm³/mol. The Hall–Kier alpha value is -0.680. The number of benzene rings is 1. The van der Waals surface area contributed by atoms with Crippen LogP contribution in [0.25, 0.3) is 10.2 Å². The molecule has 1 heterocycles. The molecule has 1 atom stereocenters. The second kappa shape index (κ2) is 6.44. The van der Waals surface area contributed by atoms with Gasteiger partial charge in [0.1, 0.15) is 5.01 Å². The predicted octanol–water partition coefficient (Wildman–Crippen LogP) is 4.65. The van der Waals surface area contributed by atoms with Crippen LogP contribution in [0.5, 0.6) is 0 Å². The van der Waals surface area contributed by atoms with Crippen LogP contribution >= 0.6 is 22.9 Å². The van der Waals surface area contributed by atoms with Gasteiger partial charge >= 0.3 is 0 Å². The van der Waals surface area contributed by atoms with E-state index in [1.807, 2.05) is 32.0 Å². The Morgan fingerprint density at radius 2 is 2.00 bits per heavy atom. The van der Waals surface area contributed by atoms with Crippen LogP contribution in [0.2, 0.25) is 5.02 Å². The van der Waals surface area contributed by atoms with Crippen LogP contribution < -0.4 is 0 Å². The third kappa shape index (κ3) is 3.80. The SMILES string of the molecule is CC(OCC(C)(C)CO)C(C)(C)c1nc2ccc(Cl)cc2s1. The number of hydrogen-bond acceptors (Lipinski definition) is 4. The Bertz CT molecular complexity index is 651. The van der Waals surface area contributed by atoms with Gasteiger partial charge < -0.3 is 9.84 Å². The van der Waals surface area contributed by atoms with Gasteiger partial charge in [-0.05, 0) is 25.1 Å². The van der Waals surface area contributed by atoms with E-state index in [1.54, 1.807) is 11.3 Å². The lowest BCUT2D eigenvalue weighted by atomic mass is 9.87. The van der Waals surface area contributed by atoms with E-state index in [4.69, 9.17) is 21.3 Å². The van der Waals surface area contributed by atoms with Crippen molar-refractivity contribution in [2.75, 3.05) is 13.2 Å². The zero-order valence-corrected chi connectivity index (χ0v) is 15.4. The summed E-state index contributed by atoms with van der Waals surface area (Å²) in [7, 11) is 0. The Kier molecular flexibility index (Phi) is 5.17. The van der Waals surface area contributed by atoms with Crippen LogP contribution in [0.15, 0.2) is 18.2 Å². The number of aliphatic hydroxyl groups is 1. The lowest BCUT2D eigenvalue weighted by molar-refractivity contribution is -0.0369. The number of halogens is 1. The Morgan fingerprint density at radius 3 is 2.64 bits per heavy atom. The smallest absolute Gasteiger partial charge is 0.102 e. The van der Waals surface area contributed by atoms with Crippen LogP contribution in [-0.2, 0) is 10.2 Å². The van der Waals surface area contributed by atoms with Crippen molar-refractivity contribution < 1.29 is 9.84 Å². The van der Waals surface area contributed by atoms with Crippen molar-refractivity contribution in [2.45, 2.75) is 46.1 Å². The first-order chi connectivity index (χ1) is 10.2. The largest absolute Gasteiger partial charge is 0.396 e. The van der Waals surface area contributed by atoms with E-state index < -0.39 is 0 Å². The highest BCUT2D eigenvalue weighted by Gasteiger charge is 2.33. The number of aromatic nitrogens is 1. The van der Waals surface area contributed by atoms with Crippen molar-refractivity contribution in [2.24, 2.45) is 5.41 Å². The van der Waals surface area contributed by atoms with E-state index in [0.29, 0.717) is 6.61 Å². The number of thiazole rings is 1. The average molecular weight is 342 g/mol. The zero-order valence-electron chi connectivity index (χ0n) is 13.8. The highest BCUT2D eigenvalue weighted by molar-refractivity contribution is 7.18. The molecule has 1 N–H and O–H groups in total. The molecule has 122 valence electrons. The van der Waals surface area contributed by atoms with Crippen molar-refractivity contribution in [3.05, 3.63) is 28.2 Å². The van der Waals surface area contributed by atoms with E-state index in [-0.39, 0.29) is 23.5 Å². The highest BCUT2D eigenvalue weighted by Crippen LogP contribution is 2.36. The molecule has 0 saturated carbocycles.